The summed E-state index contributed by atoms with van der Waals surface area (Å²) < 4.78 is 19.9. The Balaban J connectivity index is 1.43. The van der Waals surface area contributed by atoms with E-state index in [-0.39, 0.29) is 61.2 Å². The topological polar surface area (TPSA) is 145 Å². The van der Waals surface area contributed by atoms with E-state index < -0.39 is 64.5 Å². The highest BCUT2D eigenvalue weighted by Crippen LogP contribution is 2.63. The van der Waals surface area contributed by atoms with Gasteiger partial charge in [0.15, 0.2) is 0 Å². The Labute approximate surface area is 244 Å². The minimum absolute atomic E-state index is 0.0157. The number of furan rings is 1. The highest BCUT2D eigenvalue weighted by molar-refractivity contribution is 6.31. The fourth-order valence-electron chi connectivity index (χ4n) is 7.50. The molecule has 1 saturated carbocycles. The van der Waals surface area contributed by atoms with Crippen molar-refractivity contribution in [3.63, 3.8) is 0 Å². The van der Waals surface area contributed by atoms with Crippen LogP contribution in [0.5, 0.6) is 0 Å². The van der Waals surface area contributed by atoms with Crippen LogP contribution in [0, 0.1) is 34.9 Å². The zero-order valence-electron chi connectivity index (χ0n) is 22.6. The molecule has 2 aromatic rings. The van der Waals surface area contributed by atoms with E-state index >= 15 is 0 Å². The molecule has 42 heavy (non-hydrogen) atoms. The molecule has 12 heteroatoms. The first kappa shape index (κ1) is 28.3. The number of hydrogen-bond acceptors (Lipinski definition) is 7. The number of benzene rings is 1. The Morgan fingerprint density at radius 3 is 2.55 bits per heavy atom. The molecule has 0 radical (unpaired) electrons. The highest BCUT2D eigenvalue weighted by atomic mass is 35.5. The van der Waals surface area contributed by atoms with Gasteiger partial charge in [0, 0.05) is 13.0 Å². The maximum atomic E-state index is 14.2. The van der Waals surface area contributed by atoms with Gasteiger partial charge >= 0.3 is 5.97 Å². The molecule has 220 valence electrons. The Bertz CT molecular complexity index is 1570. The summed E-state index contributed by atoms with van der Waals surface area (Å²) in [5.41, 5.74) is -0.528. The van der Waals surface area contributed by atoms with E-state index in [4.69, 9.17) is 21.1 Å². The van der Waals surface area contributed by atoms with E-state index in [9.17, 15) is 33.5 Å². The average Bonchev–Trinajstić information content (AvgIpc) is 3.57. The molecule has 3 fully saturated rings. The van der Waals surface area contributed by atoms with Gasteiger partial charge in [0.25, 0.3) is 0 Å². The van der Waals surface area contributed by atoms with E-state index in [1.165, 1.54) is 12.1 Å². The summed E-state index contributed by atoms with van der Waals surface area (Å²) in [7, 11) is 0. The van der Waals surface area contributed by atoms with Crippen LogP contribution in [0.4, 0.5) is 10.1 Å². The molecule has 0 unspecified atom stereocenters. The van der Waals surface area contributed by atoms with E-state index in [2.05, 4.69) is 0 Å². The second-order valence-electron chi connectivity index (χ2n) is 11.5. The molecule has 1 aromatic heterocycles. The average molecular weight is 599 g/mol. The SMILES string of the molecule is C[C@@]12C(=O)N(c3ccc(F)c(Cl)c3)C(=O)[C@@H]1C[C@@H]1C(=CC[C@@H]3C(=O)N(CCCC(=O)O)C(=O)[C@@H]31)[C@@H]2c1ccc(CO)o1. The Morgan fingerprint density at radius 1 is 1.12 bits per heavy atom. The molecule has 2 N–H and O–H groups in total. The summed E-state index contributed by atoms with van der Waals surface area (Å²) >= 11 is 6.00. The summed E-state index contributed by atoms with van der Waals surface area (Å²) in [5, 5.41) is 18.4. The van der Waals surface area contributed by atoms with Gasteiger partial charge in [0.2, 0.25) is 23.6 Å². The van der Waals surface area contributed by atoms with Crippen LogP contribution in [0.25, 0.3) is 0 Å². The number of aliphatic hydroxyl groups is 1. The number of aliphatic hydroxyl groups excluding tert-OH is 1. The van der Waals surface area contributed by atoms with Gasteiger partial charge in [-0.2, -0.15) is 0 Å². The first-order valence-electron chi connectivity index (χ1n) is 13.8. The number of nitrogens with zero attached hydrogens (tertiary/aromatic N) is 2. The molecule has 2 aliphatic carbocycles. The first-order chi connectivity index (χ1) is 20.0. The normalized spacial score (nSPS) is 30.4. The Hall–Kier alpha value is -3.83. The fraction of sp³-hybridized carbons (Fsp3) is 0.433. The number of anilines is 1. The van der Waals surface area contributed by atoms with E-state index in [1.807, 2.05) is 6.08 Å². The third-order valence-corrected chi connectivity index (χ3v) is 9.71. The largest absolute Gasteiger partial charge is 0.481 e. The smallest absolute Gasteiger partial charge is 0.303 e. The predicted octanol–water partition coefficient (Wildman–Crippen LogP) is 3.66. The molecule has 10 nitrogen and oxygen atoms in total. The maximum absolute atomic E-state index is 14.2. The molecule has 0 spiro atoms. The lowest BCUT2D eigenvalue weighted by molar-refractivity contribution is -0.142. The molecule has 6 rings (SSSR count). The zero-order valence-corrected chi connectivity index (χ0v) is 23.3. The van der Waals surface area contributed by atoms with Gasteiger partial charge in [-0.3, -0.25) is 28.9 Å². The third-order valence-electron chi connectivity index (χ3n) is 9.42. The summed E-state index contributed by atoms with van der Waals surface area (Å²) in [5.74, 6) is -6.67. The van der Waals surface area contributed by atoms with Gasteiger partial charge in [-0.15, -0.1) is 0 Å². The van der Waals surface area contributed by atoms with Crippen molar-refractivity contribution in [1.29, 1.82) is 0 Å². The number of carboxylic acid groups (broad SMARTS) is 1. The number of hydrogen-bond donors (Lipinski definition) is 2. The number of allylic oxidation sites excluding steroid dienone is 2. The van der Waals surface area contributed by atoms with E-state index in [0.717, 1.165) is 15.9 Å². The standard InChI is InChI=1S/C30H28ClFN2O8/c1-30-19(27(39)34(29(30)41)14-4-8-21(32)20(31)11-14)12-18-16(25(30)22-9-5-15(13-35)42-22)6-7-17-24(18)28(40)33(26(17)38)10-2-3-23(36)37/h4-6,8-9,11,17-19,24-25,35H,2-3,7,10,12-13H2,1H3,(H,36,37)/t17-,18+,19-,24-,25+,30+/m0/s1. The predicted molar refractivity (Wildman–Crippen MR) is 144 cm³/mol. The molecule has 4 amide bonds. The number of aliphatic carboxylic acids is 1. The number of carboxylic acids is 1. The van der Waals surface area contributed by atoms with Crippen molar-refractivity contribution >= 4 is 46.9 Å². The molecule has 1 aromatic carbocycles. The van der Waals surface area contributed by atoms with Crippen molar-refractivity contribution in [1.82, 2.24) is 4.90 Å². The monoisotopic (exact) mass is 598 g/mol. The highest BCUT2D eigenvalue weighted by Gasteiger charge is 2.68. The van der Waals surface area contributed by atoms with Gasteiger partial charge in [0.1, 0.15) is 23.9 Å². The maximum Gasteiger partial charge on any atom is 0.303 e. The van der Waals surface area contributed by atoms with E-state index in [0.29, 0.717) is 11.3 Å². The van der Waals surface area contributed by atoms with Crippen LogP contribution in [0.15, 0.2) is 46.4 Å². The van der Waals surface area contributed by atoms with Crippen molar-refractivity contribution in [3.05, 3.63) is 64.3 Å². The van der Waals surface area contributed by atoms with Crippen LogP contribution in [0.1, 0.15) is 50.0 Å². The molecular weight excluding hydrogens is 571 g/mol. The molecule has 4 aliphatic rings. The first-order valence-corrected chi connectivity index (χ1v) is 14.2. The van der Waals surface area contributed by atoms with Crippen molar-refractivity contribution in [2.75, 3.05) is 11.4 Å². The number of fused-ring (bicyclic) bond motifs is 4. The lowest BCUT2D eigenvalue weighted by atomic mass is 9.52. The van der Waals surface area contributed by atoms with Gasteiger partial charge < -0.3 is 14.6 Å². The molecular formula is C30H28ClFN2O8. The number of rotatable bonds is 7. The van der Waals surface area contributed by atoms with Crippen LogP contribution >= 0.6 is 11.6 Å². The number of imide groups is 2. The lowest BCUT2D eigenvalue weighted by Gasteiger charge is -2.48. The summed E-state index contributed by atoms with van der Waals surface area (Å²) in [4.78, 5) is 68.4. The third kappa shape index (κ3) is 4.04. The van der Waals surface area contributed by atoms with Gasteiger partial charge in [0.05, 0.1) is 39.8 Å². The van der Waals surface area contributed by atoms with Crippen molar-refractivity contribution in [2.45, 2.75) is 45.1 Å². The van der Waals surface area contributed by atoms with Crippen molar-refractivity contribution in [3.8, 4) is 0 Å². The number of likely N-dealkylation sites (tertiary alicyclic amines) is 1. The van der Waals surface area contributed by atoms with Crippen molar-refractivity contribution in [2.24, 2.45) is 29.1 Å². The zero-order chi connectivity index (χ0) is 30.1. The molecule has 2 saturated heterocycles. The van der Waals surface area contributed by atoms with Crippen LogP contribution < -0.4 is 4.90 Å². The second-order valence-corrected chi connectivity index (χ2v) is 12.0. The number of halogens is 2. The van der Waals surface area contributed by atoms with E-state index in [1.54, 1.807) is 19.1 Å². The van der Waals surface area contributed by atoms with Gasteiger partial charge in [-0.05, 0) is 62.4 Å². The van der Waals surface area contributed by atoms with Crippen molar-refractivity contribution < 1.29 is 43.0 Å². The Morgan fingerprint density at radius 2 is 1.88 bits per heavy atom. The van der Waals surface area contributed by atoms with Gasteiger partial charge in [-0.1, -0.05) is 23.3 Å². The number of carbonyl (C=O) groups excluding carboxylic acids is 4. The van der Waals surface area contributed by atoms with Gasteiger partial charge in [-0.25, -0.2) is 9.29 Å². The molecule has 2 aliphatic heterocycles. The fourth-order valence-corrected chi connectivity index (χ4v) is 7.67. The molecule has 0 bridgehead atoms. The number of carbonyl (C=O) groups is 5. The van der Waals surface area contributed by atoms with Crippen LogP contribution in [-0.2, 0) is 30.6 Å². The number of amides is 4. The molecule has 3 heterocycles. The summed E-state index contributed by atoms with van der Waals surface area (Å²) in [6, 6.07) is 6.82. The summed E-state index contributed by atoms with van der Waals surface area (Å²) in [6.45, 7) is 1.28. The molecule has 6 atom stereocenters. The quantitative estimate of drug-likeness (QED) is 0.363. The Kier molecular flexibility index (Phi) is 6.85. The van der Waals surface area contributed by atoms with Crippen LogP contribution in [0.2, 0.25) is 5.02 Å². The second kappa shape index (κ2) is 10.2. The van der Waals surface area contributed by atoms with Crippen LogP contribution in [-0.4, -0.2) is 51.3 Å². The minimum Gasteiger partial charge on any atom is -0.481 e. The summed E-state index contributed by atoms with van der Waals surface area (Å²) in [6.07, 6.45) is 2.15. The van der Waals surface area contributed by atoms with Crippen LogP contribution in [0.3, 0.4) is 0 Å². The lowest BCUT2D eigenvalue weighted by Crippen LogP contribution is -2.48. The minimum atomic E-state index is -1.36.